The third-order valence-electron chi connectivity index (χ3n) is 8.73. The number of nitrogens with zero attached hydrogens (tertiary/aromatic N) is 2. The first-order chi connectivity index (χ1) is 20.6. The van der Waals surface area contributed by atoms with Gasteiger partial charge in [-0.2, -0.15) is 0 Å². The van der Waals surface area contributed by atoms with Gasteiger partial charge in [0.1, 0.15) is 0 Å². The standard InChI is InChI=1S/C40H30N2/c1-3-40(2)24-22-34-32-16-7-9-18-36(32)42(39(34)23-25-40)31-20-21-38-35(27-31)33-17-8-10-19-37(33)41(38)30-15-11-14-29(26-30)28-12-5-4-6-13-28/h3-27H,1H2,2H3. The predicted octanol–water partition coefficient (Wildman–Crippen LogP) is 10.6. The molecule has 2 aromatic heterocycles. The van der Waals surface area contributed by atoms with E-state index in [0.29, 0.717) is 0 Å². The summed E-state index contributed by atoms with van der Waals surface area (Å²) < 4.78 is 4.80. The maximum Gasteiger partial charge on any atom is 0.0542 e. The molecule has 2 heteroatoms. The molecule has 2 nitrogen and oxygen atoms in total. The molecule has 200 valence electrons. The van der Waals surface area contributed by atoms with Gasteiger partial charge in [0.2, 0.25) is 0 Å². The number of fused-ring (bicyclic) bond motifs is 6. The van der Waals surface area contributed by atoms with Gasteiger partial charge >= 0.3 is 0 Å². The summed E-state index contributed by atoms with van der Waals surface area (Å²) in [7, 11) is 0. The van der Waals surface area contributed by atoms with Crippen molar-refractivity contribution < 1.29 is 0 Å². The van der Waals surface area contributed by atoms with Gasteiger partial charge in [0, 0.05) is 38.5 Å². The van der Waals surface area contributed by atoms with Crippen LogP contribution in [0, 0.1) is 5.41 Å². The highest BCUT2D eigenvalue weighted by Crippen LogP contribution is 2.39. The Morgan fingerprint density at radius 3 is 2.00 bits per heavy atom. The number of hydrogen-bond acceptors (Lipinski definition) is 0. The van der Waals surface area contributed by atoms with Crippen LogP contribution in [0.3, 0.4) is 0 Å². The van der Waals surface area contributed by atoms with Gasteiger partial charge in [0.15, 0.2) is 0 Å². The summed E-state index contributed by atoms with van der Waals surface area (Å²) in [6.07, 6.45) is 11.0. The SMILES string of the molecule is C=CC1(C)C=Cc2c(n(-c3ccc4c(c3)c3ccccc3n4-c3cccc(-c4ccccc4)c3)c3ccccc23)C=C1. The zero-order valence-corrected chi connectivity index (χ0v) is 23.5. The average Bonchev–Trinajstić information content (AvgIpc) is 3.48. The van der Waals surface area contributed by atoms with Crippen LogP contribution < -0.4 is 0 Å². The molecular weight excluding hydrogens is 508 g/mol. The van der Waals surface area contributed by atoms with Crippen molar-refractivity contribution in [3.05, 3.63) is 157 Å². The summed E-state index contributed by atoms with van der Waals surface area (Å²) in [6.45, 7) is 6.28. The lowest BCUT2D eigenvalue weighted by Crippen LogP contribution is -2.03. The fraction of sp³-hybridized carbons (Fsp3) is 0.0500. The summed E-state index contributed by atoms with van der Waals surface area (Å²) in [5.74, 6) is 0. The lowest BCUT2D eigenvalue weighted by Gasteiger charge is -2.15. The smallest absolute Gasteiger partial charge is 0.0542 e. The first-order valence-electron chi connectivity index (χ1n) is 14.5. The molecule has 0 aliphatic heterocycles. The summed E-state index contributed by atoms with van der Waals surface area (Å²) in [6, 6.07) is 43.8. The Balaban J connectivity index is 1.37. The van der Waals surface area contributed by atoms with Gasteiger partial charge in [0.25, 0.3) is 0 Å². The van der Waals surface area contributed by atoms with Gasteiger partial charge < -0.3 is 9.13 Å². The van der Waals surface area contributed by atoms with Gasteiger partial charge in [0.05, 0.1) is 22.2 Å². The van der Waals surface area contributed by atoms with Crippen LogP contribution in [0.2, 0.25) is 0 Å². The Labute approximate surface area is 245 Å². The van der Waals surface area contributed by atoms with Crippen LogP contribution in [0.4, 0.5) is 0 Å². The summed E-state index contributed by atoms with van der Waals surface area (Å²) in [5, 5.41) is 3.74. The third kappa shape index (κ3) is 3.73. The van der Waals surface area contributed by atoms with Crippen LogP contribution in [-0.2, 0) is 0 Å². The highest BCUT2D eigenvalue weighted by molar-refractivity contribution is 6.10. The second-order valence-corrected chi connectivity index (χ2v) is 11.4. The van der Waals surface area contributed by atoms with Crippen LogP contribution >= 0.6 is 0 Å². The molecule has 0 spiro atoms. The van der Waals surface area contributed by atoms with Crippen molar-refractivity contribution in [3.8, 4) is 22.5 Å². The lowest BCUT2D eigenvalue weighted by molar-refractivity contribution is 0.728. The van der Waals surface area contributed by atoms with Crippen LogP contribution in [0.1, 0.15) is 18.2 Å². The number of benzene rings is 5. The Kier molecular flexibility index (Phi) is 5.45. The maximum absolute atomic E-state index is 4.09. The van der Waals surface area contributed by atoms with E-state index >= 15 is 0 Å². The van der Waals surface area contributed by atoms with Crippen molar-refractivity contribution >= 4 is 44.9 Å². The van der Waals surface area contributed by atoms with Crippen molar-refractivity contribution in [1.29, 1.82) is 0 Å². The van der Waals surface area contributed by atoms with Crippen molar-refractivity contribution in [2.45, 2.75) is 6.92 Å². The molecule has 1 aliphatic carbocycles. The fourth-order valence-electron chi connectivity index (χ4n) is 6.45. The fourth-order valence-corrected chi connectivity index (χ4v) is 6.45. The van der Waals surface area contributed by atoms with Crippen LogP contribution in [0.5, 0.6) is 0 Å². The molecule has 42 heavy (non-hydrogen) atoms. The van der Waals surface area contributed by atoms with Gasteiger partial charge in [-0.25, -0.2) is 0 Å². The number of hydrogen-bond donors (Lipinski definition) is 0. The highest BCUT2D eigenvalue weighted by atomic mass is 15.0. The van der Waals surface area contributed by atoms with E-state index in [-0.39, 0.29) is 5.41 Å². The molecule has 7 aromatic rings. The predicted molar refractivity (Wildman–Crippen MR) is 179 cm³/mol. The van der Waals surface area contributed by atoms with E-state index in [1.54, 1.807) is 0 Å². The van der Waals surface area contributed by atoms with E-state index in [9.17, 15) is 0 Å². The topological polar surface area (TPSA) is 9.86 Å². The number of aromatic nitrogens is 2. The molecule has 0 amide bonds. The van der Waals surface area contributed by atoms with Crippen LogP contribution in [0.15, 0.2) is 146 Å². The lowest BCUT2D eigenvalue weighted by atomic mass is 9.90. The van der Waals surface area contributed by atoms with Gasteiger partial charge in [-0.1, -0.05) is 103 Å². The number of rotatable bonds is 4. The molecule has 0 radical (unpaired) electrons. The molecule has 8 rings (SSSR count). The molecule has 1 atom stereocenters. The minimum Gasteiger partial charge on any atom is -0.309 e. The van der Waals surface area contributed by atoms with Crippen molar-refractivity contribution in [1.82, 2.24) is 9.13 Å². The second kappa shape index (κ2) is 9.36. The molecule has 1 aliphatic rings. The minimum absolute atomic E-state index is 0.184. The van der Waals surface area contributed by atoms with Crippen LogP contribution in [-0.4, -0.2) is 9.13 Å². The van der Waals surface area contributed by atoms with Gasteiger partial charge in [-0.05, 0) is 66.6 Å². The molecule has 0 N–H and O–H groups in total. The summed E-state index contributed by atoms with van der Waals surface area (Å²) in [4.78, 5) is 0. The van der Waals surface area contributed by atoms with E-state index in [4.69, 9.17) is 0 Å². The first-order valence-corrected chi connectivity index (χ1v) is 14.5. The van der Waals surface area contributed by atoms with E-state index in [1.807, 2.05) is 6.08 Å². The molecule has 2 heterocycles. The first kappa shape index (κ1) is 24.5. The zero-order valence-electron chi connectivity index (χ0n) is 23.5. The van der Waals surface area contributed by atoms with E-state index in [1.165, 1.54) is 55.1 Å². The Bertz CT molecular complexity index is 2220. The van der Waals surface area contributed by atoms with Crippen LogP contribution in [0.25, 0.3) is 67.4 Å². The van der Waals surface area contributed by atoms with E-state index in [0.717, 1.165) is 11.4 Å². The quantitative estimate of drug-likeness (QED) is 0.197. The molecular formula is C40H30N2. The molecule has 1 unspecified atom stereocenters. The molecule has 0 bridgehead atoms. The number of para-hydroxylation sites is 2. The van der Waals surface area contributed by atoms with Crippen molar-refractivity contribution in [3.63, 3.8) is 0 Å². The normalized spacial score (nSPS) is 16.2. The molecule has 0 fully saturated rings. The second-order valence-electron chi connectivity index (χ2n) is 11.4. The summed E-state index contributed by atoms with van der Waals surface area (Å²) >= 11 is 0. The molecule has 5 aromatic carbocycles. The van der Waals surface area contributed by atoms with Gasteiger partial charge in [-0.15, -0.1) is 6.58 Å². The largest absolute Gasteiger partial charge is 0.309 e. The van der Waals surface area contributed by atoms with Gasteiger partial charge in [-0.3, -0.25) is 0 Å². The summed E-state index contributed by atoms with van der Waals surface area (Å²) in [5.41, 5.74) is 10.6. The van der Waals surface area contributed by atoms with Crippen molar-refractivity contribution in [2.24, 2.45) is 5.41 Å². The minimum atomic E-state index is -0.184. The van der Waals surface area contributed by atoms with Crippen molar-refractivity contribution in [2.75, 3.05) is 0 Å². The molecule has 0 saturated heterocycles. The van der Waals surface area contributed by atoms with E-state index < -0.39 is 0 Å². The monoisotopic (exact) mass is 538 g/mol. The number of allylic oxidation sites excluding steroid dienone is 3. The average molecular weight is 539 g/mol. The zero-order chi connectivity index (χ0) is 28.3. The Morgan fingerprint density at radius 2 is 1.19 bits per heavy atom. The highest BCUT2D eigenvalue weighted by Gasteiger charge is 2.22. The third-order valence-corrected chi connectivity index (χ3v) is 8.73. The Morgan fingerprint density at radius 1 is 0.548 bits per heavy atom. The maximum atomic E-state index is 4.09. The Hall–Kier alpha value is -5.34. The van der Waals surface area contributed by atoms with E-state index in [2.05, 4.69) is 168 Å². The molecule has 0 saturated carbocycles.